The minimum absolute atomic E-state index is 0.0719. The van der Waals surface area contributed by atoms with Crippen LogP contribution in [-0.2, 0) is 6.54 Å². The molecule has 0 aliphatic heterocycles. The van der Waals surface area contributed by atoms with Crippen LogP contribution in [0.1, 0.15) is 27.8 Å². The first-order valence-electron chi connectivity index (χ1n) is 9.03. The van der Waals surface area contributed by atoms with Gasteiger partial charge in [-0.2, -0.15) is 5.26 Å². The summed E-state index contributed by atoms with van der Waals surface area (Å²) in [7, 11) is 0. The number of nitro benzene ring substituents is 1. The summed E-state index contributed by atoms with van der Waals surface area (Å²) in [6.45, 7) is 3.25. The first-order valence-corrected chi connectivity index (χ1v) is 9.03. The summed E-state index contributed by atoms with van der Waals surface area (Å²) in [6.07, 6.45) is 1.31. The van der Waals surface area contributed by atoms with Crippen LogP contribution in [0, 0.1) is 35.3 Å². The van der Waals surface area contributed by atoms with Crippen LogP contribution < -0.4 is 5.56 Å². The molecule has 8 heteroatoms. The summed E-state index contributed by atoms with van der Waals surface area (Å²) >= 11 is 0. The van der Waals surface area contributed by atoms with Crippen LogP contribution >= 0.6 is 0 Å². The molecule has 0 amide bonds. The predicted molar refractivity (Wildman–Crippen MR) is 112 cm³/mol. The molecule has 8 nitrogen and oxygen atoms in total. The maximum absolute atomic E-state index is 12.7. The Bertz CT molecular complexity index is 1250. The lowest BCUT2D eigenvalue weighted by Crippen LogP contribution is -2.25. The number of aromatic hydroxyl groups is 1. The van der Waals surface area contributed by atoms with Gasteiger partial charge in [0.2, 0.25) is 5.88 Å². The summed E-state index contributed by atoms with van der Waals surface area (Å²) in [6, 6.07) is 15.5. The molecule has 0 atom stereocenters. The van der Waals surface area contributed by atoms with Gasteiger partial charge >= 0.3 is 0 Å². The second-order valence-corrected chi connectivity index (χ2v) is 6.71. The Morgan fingerprint density at radius 3 is 2.57 bits per heavy atom. The second kappa shape index (κ2) is 8.41. The Hall–Kier alpha value is -4.25. The van der Waals surface area contributed by atoms with Gasteiger partial charge in [0.05, 0.1) is 22.7 Å². The highest BCUT2D eigenvalue weighted by Crippen LogP contribution is 2.26. The van der Waals surface area contributed by atoms with Crippen LogP contribution in [0.2, 0.25) is 0 Å². The third kappa shape index (κ3) is 3.95. The van der Waals surface area contributed by atoms with Crippen molar-refractivity contribution in [3.63, 3.8) is 0 Å². The Labute approximate surface area is 172 Å². The molecule has 1 heterocycles. The van der Waals surface area contributed by atoms with Gasteiger partial charge in [-0.3, -0.25) is 24.5 Å². The Balaban J connectivity index is 2.11. The topological polar surface area (TPSA) is 122 Å². The lowest BCUT2D eigenvalue weighted by Gasteiger charge is -2.14. The first-order chi connectivity index (χ1) is 14.3. The zero-order valence-corrected chi connectivity index (χ0v) is 16.4. The van der Waals surface area contributed by atoms with Gasteiger partial charge in [0.1, 0.15) is 11.6 Å². The van der Waals surface area contributed by atoms with E-state index in [0.717, 1.165) is 10.1 Å². The van der Waals surface area contributed by atoms with E-state index in [4.69, 9.17) is 0 Å². The van der Waals surface area contributed by atoms with Gasteiger partial charge in [0.25, 0.3) is 11.2 Å². The normalized spacial score (nSPS) is 10.8. The number of nitriles is 1. The molecular weight excluding hydrogens is 384 g/mol. The molecule has 3 rings (SSSR count). The number of nitrogens with zero attached hydrogens (tertiary/aromatic N) is 4. The number of hydrogen-bond donors (Lipinski definition) is 1. The molecular formula is C22H18N4O4. The molecule has 0 aliphatic rings. The molecule has 0 radical (unpaired) electrons. The van der Waals surface area contributed by atoms with Gasteiger partial charge in [0, 0.05) is 17.8 Å². The summed E-state index contributed by atoms with van der Waals surface area (Å²) in [4.78, 5) is 27.6. The number of aromatic nitrogens is 1. The highest BCUT2D eigenvalue weighted by molar-refractivity contribution is 5.87. The smallest absolute Gasteiger partial charge is 0.274 e. The van der Waals surface area contributed by atoms with Crippen molar-refractivity contribution >= 4 is 17.6 Å². The number of rotatable bonds is 5. The van der Waals surface area contributed by atoms with E-state index in [2.05, 4.69) is 4.99 Å². The summed E-state index contributed by atoms with van der Waals surface area (Å²) in [5.41, 5.74) is 1.31. The fraction of sp³-hybridized carbons (Fsp3) is 0.136. The van der Waals surface area contributed by atoms with E-state index >= 15 is 0 Å². The van der Waals surface area contributed by atoms with Crippen LogP contribution in [0.3, 0.4) is 0 Å². The minimum Gasteiger partial charge on any atom is -0.494 e. The third-order valence-corrected chi connectivity index (χ3v) is 4.76. The van der Waals surface area contributed by atoms with Crippen LogP contribution in [0.15, 0.2) is 58.3 Å². The molecule has 1 aromatic heterocycles. The molecule has 2 aromatic carbocycles. The van der Waals surface area contributed by atoms with E-state index in [1.807, 2.05) is 24.3 Å². The van der Waals surface area contributed by atoms with Crippen molar-refractivity contribution < 1.29 is 10.0 Å². The van der Waals surface area contributed by atoms with E-state index in [1.165, 1.54) is 12.3 Å². The molecule has 0 fully saturated rings. The Kier molecular flexibility index (Phi) is 5.74. The largest absolute Gasteiger partial charge is 0.494 e. The molecule has 1 N–H and O–H groups in total. The molecule has 0 aliphatic carbocycles. The first kappa shape index (κ1) is 20.5. The van der Waals surface area contributed by atoms with Crippen molar-refractivity contribution in [1.82, 2.24) is 4.57 Å². The fourth-order valence-corrected chi connectivity index (χ4v) is 3.05. The SMILES string of the molecule is Cc1ccc(N=Cc2c(C)c(C#N)c(=O)n(Cc3ccccc3)c2O)cc1[N+](=O)[O-]. The molecule has 0 saturated carbocycles. The monoisotopic (exact) mass is 402 g/mol. The highest BCUT2D eigenvalue weighted by Gasteiger charge is 2.18. The second-order valence-electron chi connectivity index (χ2n) is 6.71. The molecule has 0 spiro atoms. The highest BCUT2D eigenvalue weighted by atomic mass is 16.6. The van der Waals surface area contributed by atoms with Crippen LogP contribution in [0.25, 0.3) is 0 Å². The number of hydrogen-bond acceptors (Lipinski definition) is 6. The fourth-order valence-electron chi connectivity index (χ4n) is 3.05. The van der Waals surface area contributed by atoms with Gasteiger partial charge in [-0.25, -0.2) is 0 Å². The molecule has 3 aromatic rings. The predicted octanol–water partition coefficient (Wildman–Crippen LogP) is 3.75. The number of aryl methyl sites for hydroxylation is 1. The van der Waals surface area contributed by atoms with E-state index in [0.29, 0.717) is 11.3 Å². The van der Waals surface area contributed by atoms with Crippen molar-refractivity contribution in [3.05, 3.63) is 96.8 Å². The third-order valence-electron chi connectivity index (χ3n) is 4.76. The molecule has 30 heavy (non-hydrogen) atoms. The van der Waals surface area contributed by atoms with Crippen molar-refractivity contribution in [2.45, 2.75) is 20.4 Å². The molecule has 0 saturated heterocycles. The average Bonchev–Trinajstić information content (AvgIpc) is 2.73. The van der Waals surface area contributed by atoms with Gasteiger partial charge in [-0.1, -0.05) is 36.4 Å². The maximum atomic E-state index is 12.7. The zero-order chi connectivity index (χ0) is 21.8. The maximum Gasteiger partial charge on any atom is 0.274 e. The Morgan fingerprint density at radius 1 is 1.23 bits per heavy atom. The van der Waals surface area contributed by atoms with Crippen molar-refractivity contribution in [1.29, 1.82) is 5.26 Å². The summed E-state index contributed by atoms with van der Waals surface area (Å²) < 4.78 is 1.11. The average molecular weight is 402 g/mol. The van der Waals surface area contributed by atoms with Crippen LogP contribution in [0.5, 0.6) is 5.88 Å². The van der Waals surface area contributed by atoms with Crippen molar-refractivity contribution in [3.8, 4) is 11.9 Å². The van der Waals surface area contributed by atoms with Gasteiger partial charge in [0.15, 0.2) is 0 Å². The minimum atomic E-state index is -0.598. The number of benzene rings is 2. The summed E-state index contributed by atoms with van der Waals surface area (Å²) in [5.74, 6) is -0.328. The van der Waals surface area contributed by atoms with Crippen molar-refractivity contribution in [2.24, 2.45) is 4.99 Å². The van der Waals surface area contributed by atoms with Gasteiger partial charge in [-0.05, 0) is 31.0 Å². The number of aliphatic imine (C=N–C) groups is 1. The van der Waals surface area contributed by atoms with E-state index in [9.17, 15) is 25.3 Å². The number of nitro groups is 1. The van der Waals surface area contributed by atoms with E-state index < -0.39 is 10.5 Å². The van der Waals surface area contributed by atoms with Gasteiger partial charge in [-0.15, -0.1) is 0 Å². The standard InChI is InChI=1S/C22H18N4O4/c1-14-8-9-17(10-20(14)26(29)30)24-12-19-15(2)18(11-23)21(27)25(22(19)28)13-16-6-4-3-5-7-16/h3-10,12,28H,13H2,1-2H3. The van der Waals surface area contributed by atoms with Gasteiger partial charge < -0.3 is 5.11 Å². The number of pyridine rings is 1. The van der Waals surface area contributed by atoms with Crippen LogP contribution in [-0.4, -0.2) is 20.8 Å². The molecule has 0 bridgehead atoms. The van der Waals surface area contributed by atoms with Crippen molar-refractivity contribution in [2.75, 3.05) is 0 Å². The van der Waals surface area contributed by atoms with E-state index in [-0.39, 0.29) is 34.8 Å². The lowest BCUT2D eigenvalue weighted by molar-refractivity contribution is -0.385. The van der Waals surface area contributed by atoms with Crippen LogP contribution in [0.4, 0.5) is 11.4 Å². The lowest BCUT2D eigenvalue weighted by atomic mass is 10.1. The quantitative estimate of drug-likeness (QED) is 0.396. The summed E-state index contributed by atoms with van der Waals surface area (Å²) in [5, 5.41) is 31.3. The zero-order valence-electron chi connectivity index (χ0n) is 16.4. The Morgan fingerprint density at radius 2 is 1.93 bits per heavy atom. The van der Waals surface area contributed by atoms with E-state index in [1.54, 1.807) is 38.1 Å². The molecule has 150 valence electrons. The molecule has 0 unspecified atom stereocenters.